The van der Waals surface area contributed by atoms with Crippen molar-refractivity contribution in [2.75, 3.05) is 41.4 Å². The molecule has 1 atom stereocenters. The second-order valence-corrected chi connectivity index (χ2v) is 6.90. The van der Waals surface area contributed by atoms with Gasteiger partial charge in [-0.3, -0.25) is 9.58 Å². The molecule has 1 aromatic heterocycles. The van der Waals surface area contributed by atoms with Crippen LogP contribution in [0.2, 0.25) is 0 Å². The number of fused-ring (bicyclic) bond motifs is 1. The van der Waals surface area contributed by atoms with Gasteiger partial charge in [0.25, 0.3) is 0 Å². The first-order valence-corrected chi connectivity index (χ1v) is 8.70. The molecule has 6 nitrogen and oxygen atoms in total. The Morgan fingerprint density at radius 2 is 1.88 bits per heavy atom. The molecule has 1 aliphatic rings. The van der Waals surface area contributed by atoms with Gasteiger partial charge < -0.3 is 14.4 Å². The molecular weight excluding hydrogens is 316 g/mol. The molecule has 0 saturated carbocycles. The normalized spacial score (nSPS) is 17.6. The van der Waals surface area contributed by atoms with Crippen molar-refractivity contribution in [1.29, 1.82) is 0 Å². The molecule has 0 aliphatic carbocycles. The van der Waals surface area contributed by atoms with Gasteiger partial charge in [0.2, 0.25) is 0 Å². The molecule has 1 aliphatic heterocycles. The second kappa shape index (κ2) is 7.89. The maximum atomic E-state index is 5.40. The van der Waals surface area contributed by atoms with Crippen molar-refractivity contribution < 1.29 is 9.47 Å². The molecule has 0 fully saturated rings. The van der Waals surface area contributed by atoms with Gasteiger partial charge in [0.05, 0.1) is 26.0 Å². The summed E-state index contributed by atoms with van der Waals surface area (Å²) in [7, 11) is 7.62. The van der Waals surface area contributed by atoms with Crippen LogP contribution in [0, 0.1) is 0 Å². The van der Waals surface area contributed by atoms with Crippen molar-refractivity contribution in [3.05, 3.63) is 41.7 Å². The molecule has 1 unspecified atom stereocenters. The summed E-state index contributed by atoms with van der Waals surface area (Å²) in [5.41, 5.74) is 2.49. The zero-order valence-corrected chi connectivity index (χ0v) is 15.6. The van der Waals surface area contributed by atoms with Gasteiger partial charge in [0.1, 0.15) is 11.5 Å². The van der Waals surface area contributed by atoms with Crippen molar-refractivity contribution in [1.82, 2.24) is 19.6 Å². The third kappa shape index (κ3) is 4.32. The average Bonchev–Trinajstić information content (AvgIpc) is 3.07. The molecule has 0 saturated heterocycles. The fourth-order valence-electron chi connectivity index (χ4n) is 3.42. The lowest BCUT2D eigenvalue weighted by Gasteiger charge is -2.34. The summed E-state index contributed by atoms with van der Waals surface area (Å²) >= 11 is 0. The molecule has 2 heterocycles. The van der Waals surface area contributed by atoms with E-state index in [4.69, 9.17) is 9.47 Å². The molecule has 2 aromatic rings. The SMILES string of the molecule is COc1cc(CN2Cc3ccnn3C(CCN(C)C)C2)cc(OC)c1. The Bertz CT molecular complexity index is 676. The van der Waals surface area contributed by atoms with Gasteiger partial charge in [-0.1, -0.05) is 0 Å². The van der Waals surface area contributed by atoms with E-state index in [1.165, 1.54) is 11.3 Å². The predicted molar refractivity (Wildman–Crippen MR) is 98.1 cm³/mol. The standard InChI is InChI=1S/C19H28N4O2/c1-21(2)8-6-17-14-22(13-16-5-7-20-23(16)17)12-15-9-18(24-3)11-19(10-15)25-4/h5,7,9-11,17H,6,8,12-14H2,1-4H3. The fourth-order valence-corrected chi connectivity index (χ4v) is 3.42. The summed E-state index contributed by atoms with van der Waals surface area (Å²) in [5, 5.41) is 4.54. The first-order chi connectivity index (χ1) is 12.1. The van der Waals surface area contributed by atoms with Crippen molar-refractivity contribution in [3.8, 4) is 11.5 Å². The number of rotatable bonds is 7. The van der Waals surface area contributed by atoms with E-state index in [0.29, 0.717) is 6.04 Å². The van der Waals surface area contributed by atoms with Crippen LogP contribution in [0.15, 0.2) is 30.5 Å². The van der Waals surface area contributed by atoms with Gasteiger partial charge in [-0.05, 0) is 50.8 Å². The second-order valence-electron chi connectivity index (χ2n) is 6.90. The number of hydrogen-bond donors (Lipinski definition) is 0. The minimum absolute atomic E-state index is 0.411. The van der Waals surface area contributed by atoms with E-state index < -0.39 is 0 Å². The van der Waals surface area contributed by atoms with Crippen molar-refractivity contribution in [3.63, 3.8) is 0 Å². The van der Waals surface area contributed by atoms with E-state index in [1.807, 2.05) is 12.3 Å². The van der Waals surface area contributed by atoms with Gasteiger partial charge in [-0.2, -0.15) is 5.10 Å². The maximum Gasteiger partial charge on any atom is 0.122 e. The highest BCUT2D eigenvalue weighted by molar-refractivity contribution is 5.38. The smallest absolute Gasteiger partial charge is 0.122 e. The third-order valence-electron chi connectivity index (χ3n) is 4.68. The Kier molecular flexibility index (Phi) is 5.60. The van der Waals surface area contributed by atoms with E-state index in [1.54, 1.807) is 14.2 Å². The zero-order valence-electron chi connectivity index (χ0n) is 15.6. The molecule has 3 rings (SSSR count). The summed E-state index contributed by atoms with van der Waals surface area (Å²) < 4.78 is 13.0. The molecule has 0 amide bonds. The molecule has 136 valence electrons. The largest absolute Gasteiger partial charge is 0.497 e. The van der Waals surface area contributed by atoms with E-state index >= 15 is 0 Å². The van der Waals surface area contributed by atoms with Crippen LogP contribution in [-0.2, 0) is 13.1 Å². The molecule has 1 aromatic carbocycles. The van der Waals surface area contributed by atoms with Gasteiger partial charge in [0, 0.05) is 31.9 Å². The molecule has 0 radical (unpaired) electrons. The Balaban J connectivity index is 1.75. The highest BCUT2D eigenvalue weighted by atomic mass is 16.5. The molecule has 0 spiro atoms. The van der Waals surface area contributed by atoms with E-state index in [2.05, 4.69) is 51.9 Å². The van der Waals surface area contributed by atoms with Gasteiger partial charge in [-0.15, -0.1) is 0 Å². The summed E-state index contributed by atoms with van der Waals surface area (Å²) in [6.45, 7) is 3.85. The molecule has 0 bridgehead atoms. The minimum Gasteiger partial charge on any atom is -0.497 e. The summed E-state index contributed by atoms with van der Waals surface area (Å²) in [4.78, 5) is 4.71. The first kappa shape index (κ1) is 17.8. The highest BCUT2D eigenvalue weighted by Crippen LogP contribution is 2.27. The van der Waals surface area contributed by atoms with Crippen LogP contribution in [0.3, 0.4) is 0 Å². The summed E-state index contributed by atoms with van der Waals surface area (Å²) in [5.74, 6) is 1.67. The van der Waals surface area contributed by atoms with Crippen LogP contribution >= 0.6 is 0 Å². The highest BCUT2D eigenvalue weighted by Gasteiger charge is 2.25. The van der Waals surface area contributed by atoms with Crippen LogP contribution < -0.4 is 9.47 Å². The van der Waals surface area contributed by atoms with Crippen molar-refractivity contribution >= 4 is 0 Å². The number of hydrogen-bond acceptors (Lipinski definition) is 5. The summed E-state index contributed by atoms with van der Waals surface area (Å²) in [6.07, 6.45) is 3.01. The topological polar surface area (TPSA) is 42.8 Å². The Labute approximate surface area is 149 Å². The molecule has 0 N–H and O–H groups in total. The quantitative estimate of drug-likeness (QED) is 0.772. The van der Waals surface area contributed by atoms with E-state index in [0.717, 1.165) is 44.1 Å². The van der Waals surface area contributed by atoms with Crippen LogP contribution in [0.5, 0.6) is 11.5 Å². The summed E-state index contributed by atoms with van der Waals surface area (Å²) in [6, 6.07) is 8.62. The lowest BCUT2D eigenvalue weighted by Crippen LogP contribution is -2.38. The maximum absolute atomic E-state index is 5.40. The molecule has 25 heavy (non-hydrogen) atoms. The Morgan fingerprint density at radius 1 is 1.16 bits per heavy atom. The van der Waals surface area contributed by atoms with Crippen LogP contribution in [0.25, 0.3) is 0 Å². The van der Waals surface area contributed by atoms with E-state index in [9.17, 15) is 0 Å². The van der Waals surface area contributed by atoms with Crippen LogP contribution in [0.4, 0.5) is 0 Å². The Hall–Kier alpha value is -2.05. The van der Waals surface area contributed by atoms with E-state index in [-0.39, 0.29) is 0 Å². The zero-order chi connectivity index (χ0) is 17.8. The first-order valence-electron chi connectivity index (χ1n) is 8.70. The number of nitrogens with zero attached hydrogens (tertiary/aromatic N) is 4. The average molecular weight is 344 g/mol. The van der Waals surface area contributed by atoms with Gasteiger partial charge in [-0.25, -0.2) is 0 Å². The third-order valence-corrected chi connectivity index (χ3v) is 4.68. The lowest BCUT2D eigenvalue weighted by molar-refractivity contribution is 0.155. The van der Waals surface area contributed by atoms with Crippen LogP contribution in [-0.4, -0.2) is 61.0 Å². The van der Waals surface area contributed by atoms with Gasteiger partial charge >= 0.3 is 0 Å². The predicted octanol–water partition coefficient (Wildman–Crippen LogP) is 2.41. The fraction of sp³-hybridized carbons (Fsp3) is 0.526. The van der Waals surface area contributed by atoms with Crippen LogP contribution in [0.1, 0.15) is 23.7 Å². The van der Waals surface area contributed by atoms with Gasteiger partial charge in [0.15, 0.2) is 0 Å². The van der Waals surface area contributed by atoms with Crippen molar-refractivity contribution in [2.24, 2.45) is 0 Å². The number of benzene rings is 1. The Morgan fingerprint density at radius 3 is 2.52 bits per heavy atom. The molecular formula is C19H28N4O2. The van der Waals surface area contributed by atoms with Crippen molar-refractivity contribution in [2.45, 2.75) is 25.6 Å². The number of methoxy groups -OCH3 is 2. The minimum atomic E-state index is 0.411. The number of ether oxygens (including phenoxy) is 2. The lowest BCUT2D eigenvalue weighted by atomic mass is 10.1. The monoisotopic (exact) mass is 344 g/mol. The molecule has 6 heteroatoms. The number of aromatic nitrogens is 2.